The Hall–Kier alpha value is -0.780. The molecule has 1 aliphatic heterocycles. The molecule has 0 saturated heterocycles. The van der Waals surface area contributed by atoms with E-state index in [4.69, 9.17) is 0 Å². The number of hydrogen-bond donors (Lipinski definition) is 0. The van der Waals surface area contributed by atoms with Gasteiger partial charge in [-0.1, -0.05) is 47.3 Å². The van der Waals surface area contributed by atoms with Gasteiger partial charge in [-0.3, -0.25) is 0 Å². The summed E-state index contributed by atoms with van der Waals surface area (Å²) in [4.78, 5) is 1.44. The summed E-state index contributed by atoms with van der Waals surface area (Å²) in [6.07, 6.45) is 0. The monoisotopic (exact) mass is 244 g/mol. The minimum atomic E-state index is 0.849. The zero-order chi connectivity index (χ0) is 11.1. The van der Waals surface area contributed by atoms with Crippen molar-refractivity contribution >= 4 is 24.5 Å². The van der Waals surface area contributed by atoms with Gasteiger partial charge in [0, 0.05) is 4.90 Å². The lowest BCUT2D eigenvalue weighted by atomic mass is 10.0. The zero-order valence-corrected chi connectivity index (χ0v) is 11.2. The van der Waals surface area contributed by atoms with Crippen LogP contribution in [-0.2, 0) is 0 Å². The first-order valence-electron chi connectivity index (χ1n) is 5.38. The second-order valence-electron chi connectivity index (χ2n) is 4.25. The molecular formula is C14H13PS. The Labute approximate surface area is 102 Å². The maximum atomic E-state index is 2.32. The number of aryl methyl sites for hydroxylation is 2. The lowest BCUT2D eigenvalue weighted by Gasteiger charge is -2.19. The SMILES string of the molecule is Cc1ccc2c(c1)PSc1cc(C)ccc1-2. The zero-order valence-electron chi connectivity index (χ0n) is 9.37. The fourth-order valence-corrected chi connectivity index (χ4v) is 5.06. The Morgan fingerprint density at radius 2 is 1.56 bits per heavy atom. The van der Waals surface area contributed by atoms with Crippen molar-refractivity contribution in [1.82, 2.24) is 0 Å². The van der Waals surface area contributed by atoms with E-state index >= 15 is 0 Å². The molecule has 2 aromatic rings. The van der Waals surface area contributed by atoms with Crippen LogP contribution >= 0.6 is 19.2 Å². The summed E-state index contributed by atoms with van der Waals surface area (Å²) < 4.78 is 0. The van der Waals surface area contributed by atoms with Crippen molar-refractivity contribution < 1.29 is 0 Å². The summed E-state index contributed by atoms with van der Waals surface area (Å²) in [7, 11) is 0.849. The van der Waals surface area contributed by atoms with E-state index in [1.807, 2.05) is 11.4 Å². The van der Waals surface area contributed by atoms with E-state index < -0.39 is 0 Å². The molecule has 0 bridgehead atoms. The fourth-order valence-electron chi connectivity index (χ4n) is 2.02. The van der Waals surface area contributed by atoms with Crippen LogP contribution in [0.15, 0.2) is 41.3 Å². The highest BCUT2D eigenvalue weighted by Crippen LogP contribution is 2.48. The largest absolute Gasteiger partial charge is 0.0964 e. The Kier molecular flexibility index (Phi) is 2.53. The van der Waals surface area contributed by atoms with E-state index in [-0.39, 0.29) is 0 Å². The van der Waals surface area contributed by atoms with E-state index in [2.05, 4.69) is 50.2 Å². The van der Waals surface area contributed by atoms with Crippen molar-refractivity contribution in [3.05, 3.63) is 47.5 Å². The summed E-state index contributed by atoms with van der Waals surface area (Å²) in [5.74, 6) is 0. The number of rotatable bonds is 0. The van der Waals surface area contributed by atoms with Crippen LogP contribution in [0.5, 0.6) is 0 Å². The highest BCUT2D eigenvalue weighted by molar-refractivity contribution is 8.51. The molecule has 1 atom stereocenters. The lowest BCUT2D eigenvalue weighted by Crippen LogP contribution is -2.03. The molecule has 0 nitrogen and oxygen atoms in total. The first-order valence-corrected chi connectivity index (χ1v) is 7.93. The predicted molar refractivity (Wildman–Crippen MR) is 75.2 cm³/mol. The molecule has 3 rings (SSSR count). The highest BCUT2D eigenvalue weighted by Gasteiger charge is 2.16. The van der Waals surface area contributed by atoms with Crippen LogP contribution in [0, 0.1) is 13.8 Å². The van der Waals surface area contributed by atoms with Crippen molar-refractivity contribution in [3.63, 3.8) is 0 Å². The predicted octanol–water partition coefficient (Wildman–Crippen LogP) is 4.29. The number of benzene rings is 2. The van der Waals surface area contributed by atoms with Gasteiger partial charge < -0.3 is 0 Å². The van der Waals surface area contributed by atoms with Gasteiger partial charge in [0.15, 0.2) is 0 Å². The Bertz CT molecular complexity index is 509. The summed E-state index contributed by atoms with van der Waals surface area (Å²) in [5, 5.41) is 1.50. The average Bonchev–Trinajstić information content (AvgIpc) is 2.28. The van der Waals surface area contributed by atoms with E-state index in [9.17, 15) is 0 Å². The van der Waals surface area contributed by atoms with Gasteiger partial charge >= 0.3 is 0 Å². The van der Waals surface area contributed by atoms with E-state index in [1.54, 1.807) is 0 Å². The molecule has 0 spiro atoms. The van der Waals surface area contributed by atoms with Crippen LogP contribution in [0.3, 0.4) is 0 Å². The van der Waals surface area contributed by atoms with Gasteiger partial charge in [0.1, 0.15) is 0 Å². The molecule has 2 heteroatoms. The minimum Gasteiger partial charge on any atom is -0.0964 e. The molecule has 0 fully saturated rings. The molecule has 0 aromatic heterocycles. The summed E-state index contributed by atoms with van der Waals surface area (Å²) in [6, 6.07) is 13.6. The third-order valence-electron chi connectivity index (χ3n) is 2.87. The third-order valence-corrected chi connectivity index (χ3v) is 5.79. The smallest absolute Gasteiger partial charge is 0.0198 e. The molecular weight excluding hydrogens is 231 g/mol. The van der Waals surface area contributed by atoms with E-state index in [0.29, 0.717) is 0 Å². The normalized spacial score (nSPS) is 14.6. The summed E-state index contributed by atoms with van der Waals surface area (Å²) in [6.45, 7) is 4.33. The van der Waals surface area contributed by atoms with Crippen LogP contribution in [0.1, 0.15) is 11.1 Å². The van der Waals surface area contributed by atoms with Gasteiger partial charge in [-0.2, -0.15) is 0 Å². The quantitative estimate of drug-likeness (QED) is 0.623. The second kappa shape index (κ2) is 3.91. The van der Waals surface area contributed by atoms with Crippen molar-refractivity contribution in [2.24, 2.45) is 0 Å². The van der Waals surface area contributed by atoms with Gasteiger partial charge in [-0.05, 0) is 49.7 Å². The molecule has 0 aliphatic carbocycles. The van der Waals surface area contributed by atoms with Crippen LogP contribution in [0.4, 0.5) is 0 Å². The Balaban J connectivity index is 2.23. The Morgan fingerprint density at radius 3 is 2.38 bits per heavy atom. The molecule has 0 saturated carbocycles. The van der Waals surface area contributed by atoms with Crippen molar-refractivity contribution in [3.8, 4) is 11.1 Å². The lowest BCUT2D eigenvalue weighted by molar-refractivity contribution is 1.36. The van der Waals surface area contributed by atoms with E-state index in [0.717, 1.165) is 7.78 Å². The maximum absolute atomic E-state index is 2.32. The molecule has 1 aliphatic rings. The minimum absolute atomic E-state index is 0.849. The molecule has 0 N–H and O–H groups in total. The molecule has 0 amide bonds. The van der Waals surface area contributed by atoms with Gasteiger partial charge in [-0.15, -0.1) is 0 Å². The van der Waals surface area contributed by atoms with Crippen LogP contribution in [0.25, 0.3) is 11.1 Å². The molecule has 80 valence electrons. The maximum Gasteiger partial charge on any atom is 0.0198 e. The van der Waals surface area contributed by atoms with Crippen LogP contribution < -0.4 is 5.30 Å². The summed E-state index contributed by atoms with van der Waals surface area (Å²) >= 11 is 1.98. The average molecular weight is 244 g/mol. The molecule has 2 aromatic carbocycles. The fraction of sp³-hybridized carbons (Fsp3) is 0.143. The topological polar surface area (TPSA) is 0 Å². The van der Waals surface area contributed by atoms with Gasteiger partial charge in [0.2, 0.25) is 0 Å². The molecule has 0 radical (unpaired) electrons. The van der Waals surface area contributed by atoms with E-state index in [1.165, 1.54) is 32.5 Å². The number of fused-ring (bicyclic) bond motifs is 3. The van der Waals surface area contributed by atoms with Crippen molar-refractivity contribution in [1.29, 1.82) is 0 Å². The molecule has 1 unspecified atom stereocenters. The van der Waals surface area contributed by atoms with Crippen molar-refractivity contribution in [2.45, 2.75) is 18.7 Å². The summed E-state index contributed by atoms with van der Waals surface area (Å²) in [5.41, 5.74) is 5.55. The van der Waals surface area contributed by atoms with Crippen LogP contribution in [-0.4, -0.2) is 0 Å². The first kappa shape index (κ1) is 10.4. The molecule has 16 heavy (non-hydrogen) atoms. The standard InChI is InChI=1S/C14H13PS/c1-9-3-5-11-12-6-4-10(2)8-14(12)16-15-13(11)7-9/h3-8,15H,1-2H3. The van der Waals surface area contributed by atoms with Gasteiger partial charge in [0.05, 0.1) is 0 Å². The highest BCUT2D eigenvalue weighted by atomic mass is 32.7. The second-order valence-corrected chi connectivity index (χ2v) is 6.86. The number of hydrogen-bond acceptors (Lipinski definition) is 1. The Morgan fingerprint density at radius 1 is 0.875 bits per heavy atom. The van der Waals surface area contributed by atoms with Gasteiger partial charge in [-0.25, -0.2) is 0 Å². The van der Waals surface area contributed by atoms with Crippen molar-refractivity contribution in [2.75, 3.05) is 0 Å². The van der Waals surface area contributed by atoms with Gasteiger partial charge in [0.25, 0.3) is 0 Å². The molecule has 1 heterocycles. The first-order chi connectivity index (χ1) is 7.74. The van der Waals surface area contributed by atoms with Crippen LogP contribution in [0.2, 0.25) is 0 Å². The third kappa shape index (κ3) is 1.69.